The SMILES string of the molecule is COc1nc(OC)nc(-n2cnc(S(C)(=O)=O)n2)n1. The molecule has 0 N–H and O–H groups in total. The van der Waals surface area contributed by atoms with Gasteiger partial charge in [-0.3, -0.25) is 0 Å². The zero-order valence-corrected chi connectivity index (χ0v) is 11.1. The second-order valence-electron chi connectivity index (χ2n) is 3.35. The van der Waals surface area contributed by atoms with Crippen LogP contribution in [0.3, 0.4) is 0 Å². The van der Waals surface area contributed by atoms with Crippen LogP contribution >= 0.6 is 0 Å². The van der Waals surface area contributed by atoms with E-state index in [1.807, 2.05) is 0 Å². The van der Waals surface area contributed by atoms with Crippen molar-refractivity contribution in [1.82, 2.24) is 29.7 Å². The predicted molar refractivity (Wildman–Crippen MR) is 61.0 cm³/mol. The van der Waals surface area contributed by atoms with Gasteiger partial charge >= 0.3 is 12.0 Å². The largest absolute Gasteiger partial charge is 0.467 e. The van der Waals surface area contributed by atoms with Crippen molar-refractivity contribution in [3.8, 4) is 18.0 Å². The number of aromatic nitrogens is 6. The lowest BCUT2D eigenvalue weighted by Gasteiger charge is -2.03. The van der Waals surface area contributed by atoms with Gasteiger partial charge in [-0.05, 0) is 0 Å². The van der Waals surface area contributed by atoms with Crippen molar-refractivity contribution < 1.29 is 17.9 Å². The Labute approximate surface area is 108 Å². The Morgan fingerprint density at radius 2 is 1.68 bits per heavy atom. The van der Waals surface area contributed by atoms with Crippen molar-refractivity contribution in [2.24, 2.45) is 0 Å². The van der Waals surface area contributed by atoms with E-state index in [1.165, 1.54) is 20.5 Å². The van der Waals surface area contributed by atoms with Gasteiger partial charge < -0.3 is 9.47 Å². The molecule has 0 spiro atoms. The zero-order chi connectivity index (χ0) is 14.0. The quantitative estimate of drug-likeness (QED) is 0.687. The molecule has 19 heavy (non-hydrogen) atoms. The van der Waals surface area contributed by atoms with Crippen molar-refractivity contribution in [2.75, 3.05) is 20.5 Å². The van der Waals surface area contributed by atoms with Gasteiger partial charge in [-0.25, -0.2) is 13.4 Å². The molecular weight excluding hydrogens is 276 g/mol. The molecule has 2 aromatic rings. The Morgan fingerprint density at radius 1 is 1.11 bits per heavy atom. The molecule has 0 atom stereocenters. The third-order valence-corrected chi connectivity index (χ3v) is 2.81. The van der Waals surface area contributed by atoms with Crippen molar-refractivity contribution >= 4 is 9.84 Å². The lowest BCUT2D eigenvalue weighted by molar-refractivity contribution is 0.338. The molecule has 2 heterocycles. The molecule has 0 saturated heterocycles. The van der Waals surface area contributed by atoms with Crippen molar-refractivity contribution in [3.05, 3.63) is 6.33 Å². The van der Waals surface area contributed by atoms with Crippen LogP contribution in [0.1, 0.15) is 0 Å². The number of rotatable bonds is 4. The summed E-state index contributed by atoms with van der Waals surface area (Å²) in [6.45, 7) is 0. The van der Waals surface area contributed by atoms with Gasteiger partial charge in [0.15, 0.2) is 0 Å². The van der Waals surface area contributed by atoms with E-state index < -0.39 is 9.84 Å². The summed E-state index contributed by atoms with van der Waals surface area (Å²) in [6, 6.07) is 0.0245. The van der Waals surface area contributed by atoms with Crippen LogP contribution in [0.4, 0.5) is 0 Å². The Hall–Kier alpha value is -2.30. The summed E-state index contributed by atoms with van der Waals surface area (Å²) >= 11 is 0. The Balaban J connectivity index is 2.49. The van der Waals surface area contributed by atoms with Gasteiger partial charge in [0.1, 0.15) is 6.33 Å². The molecule has 0 saturated carbocycles. The minimum Gasteiger partial charge on any atom is -0.467 e. The molecule has 0 bridgehead atoms. The van der Waals surface area contributed by atoms with Crippen LogP contribution < -0.4 is 9.47 Å². The number of hydrogen-bond donors (Lipinski definition) is 0. The molecule has 2 rings (SSSR count). The highest BCUT2D eigenvalue weighted by molar-refractivity contribution is 7.90. The summed E-state index contributed by atoms with van der Waals surface area (Å²) in [5.41, 5.74) is 0. The van der Waals surface area contributed by atoms with Gasteiger partial charge in [-0.15, -0.1) is 10.1 Å². The van der Waals surface area contributed by atoms with Crippen LogP contribution in [-0.2, 0) is 9.84 Å². The summed E-state index contributed by atoms with van der Waals surface area (Å²) in [5, 5.41) is 3.43. The summed E-state index contributed by atoms with van der Waals surface area (Å²) < 4.78 is 33.4. The maximum absolute atomic E-state index is 11.3. The first-order valence-electron chi connectivity index (χ1n) is 4.90. The van der Waals surface area contributed by atoms with Gasteiger partial charge in [0, 0.05) is 6.26 Å². The zero-order valence-electron chi connectivity index (χ0n) is 10.3. The summed E-state index contributed by atoms with van der Waals surface area (Å²) in [7, 11) is -0.744. The topological polar surface area (TPSA) is 122 Å². The average molecular weight is 286 g/mol. The van der Waals surface area contributed by atoms with Crippen LogP contribution in [0.5, 0.6) is 12.0 Å². The monoisotopic (exact) mass is 286 g/mol. The third kappa shape index (κ3) is 2.76. The smallest absolute Gasteiger partial charge is 0.324 e. The molecule has 0 aliphatic heterocycles. The average Bonchev–Trinajstić information content (AvgIpc) is 2.87. The molecule has 0 amide bonds. The van der Waals surface area contributed by atoms with E-state index in [9.17, 15) is 8.42 Å². The number of sulfone groups is 1. The normalized spacial score (nSPS) is 11.3. The van der Waals surface area contributed by atoms with Gasteiger partial charge in [-0.2, -0.15) is 14.6 Å². The minimum atomic E-state index is -3.50. The van der Waals surface area contributed by atoms with Crippen LogP contribution in [0.15, 0.2) is 11.5 Å². The number of hydrogen-bond acceptors (Lipinski definition) is 9. The predicted octanol–water partition coefficient (Wildman–Crippen LogP) is -1.13. The van der Waals surface area contributed by atoms with Gasteiger partial charge in [0.2, 0.25) is 9.84 Å². The Kier molecular flexibility index (Phi) is 3.29. The van der Waals surface area contributed by atoms with Crippen molar-refractivity contribution in [2.45, 2.75) is 5.16 Å². The van der Waals surface area contributed by atoms with E-state index in [4.69, 9.17) is 9.47 Å². The van der Waals surface area contributed by atoms with E-state index in [1.54, 1.807) is 0 Å². The number of ether oxygens (including phenoxy) is 2. The molecule has 0 aromatic carbocycles. The van der Waals surface area contributed by atoms with Crippen molar-refractivity contribution in [3.63, 3.8) is 0 Å². The van der Waals surface area contributed by atoms with Crippen LogP contribution in [0.25, 0.3) is 5.95 Å². The molecule has 0 radical (unpaired) electrons. The number of nitrogens with zero attached hydrogens (tertiary/aromatic N) is 6. The highest BCUT2D eigenvalue weighted by atomic mass is 32.2. The van der Waals surface area contributed by atoms with Gasteiger partial charge in [-0.1, -0.05) is 0 Å². The van der Waals surface area contributed by atoms with Gasteiger partial charge in [0.25, 0.3) is 11.1 Å². The Bertz CT molecular complexity index is 675. The molecule has 0 aliphatic rings. The lowest BCUT2D eigenvalue weighted by atomic mass is 10.8. The fraction of sp³-hybridized carbons (Fsp3) is 0.375. The summed E-state index contributed by atoms with van der Waals surface area (Å²) in [6.07, 6.45) is 2.17. The molecular formula is C8H10N6O4S. The molecule has 0 fully saturated rings. The summed E-state index contributed by atoms with van der Waals surface area (Å²) in [4.78, 5) is 15.3. The van der Waals surface area contributed by atoms with Crippen LogP contribution in [0.2, 0.25) is 0 Å². The highest BCUT2D eigenvalue weighted by Gasteiger charge is 2.16. The Morgan fingerprint density at radius 3 is 2.11 bits per heavy atom. The minimum absolute atomic E-state index is 0.0123. The molecule has 0 aliphatic carbocycles. The first-order valence-corrected chi connectivity index (χ1v) is 6.79. The second-order valence-corrected chi connectivity index (χ2v) is 5.26. The van der Waals surface area contributed by atoms with Crippen LogP contribution in [0, 0.1) is 0 Å². The molecule has 10 nitrogen and oxygen atoms in total. The fourth-order valence-electron chi connectivity index (χ4n) is 1.13. The van der Waals surface area contributed by atoms with E-state index in [-0.39, 0.29) is 23.1 Å². The number of methoxy groups -OCH3 is 2. The molecule has 11 heteroatoms. The molecule has 0 unspecified atom stereocenters. The lowest BCUT2D eigenvalue weighted by Crippen LogP contribution is -2.08. The highest BCUT2D eigenvalue weighted by Crippen LogP contribution is 2.11. The van der Waals surface area contributed by atoms with E-state index in [0.717, 1.165) is 10.9 Å². The summed E-state index contributed by atoms with van der Waals surface area (Å²) in [5.74, 6) is 0.0334. The van der Waals surface area contributed by atoms with Crippen molar-refractivity contribution in [1.29, 1.82) is 0 Å². The third-order valence-electron chi connectivity index (χ3n) is 1.96. The fourth-order valence-corrected chi connectivity index (χ4v) is 1.60. The van der Waals surface area contributed by atoms with E-state index in [2.05, 4.69) is 25.0 Å². The van der Waals surface area contributed by atoms with Gasteiger partial charge in [0.05, 0.1) is 14.2 Å². The maximum atomic E-state index is 11.3. The molecule has 2 aromatic heterocycles. The van der Waals surface area contributed by atoms with E-state index >= 15 is 0 Å². The molecule has 102 valence electrons. The maximum Gasteiger partial charge on any atom is 0.324 e. The standard InChI is InChI=1S/C8H10N6O4S/c1-17-6-10-5(11-7(12-6)18-2)14-4-9-8(13-14)19(3,15)16/h4H,1-3H3. The first kappa shape index (κ1) is 13.1. The first-order chi connectivity index (χ1) is 8.94. The van der Waals surface area contributed by atoms with Crippen LogP contribution in [-0.4, -0.2) is 58.6 Å². The second kappa shape index (κ2) is 4.76. The van der Waals surface area contributed by atoms with E-state index in [0.29, 0.717) is 0 Å².